The lowest BCUT2D eigenvalue weighted by Crippen LogP contribution is -2.50. The Balaban J connectivity index is 1.65. The van der Waals surface area contributed by atoms with Crippen molar-refractivity contribution in [3.63, 3.8) is 0 Å². The van der Waals surface area contributed by atoms with Gasteiger partial charge in [0.2, 0.25) is 11.8 Å². The maximum absolute atomic E-state index is 13.9. The Hall–Kier alpha value is -3.34. The minimum Gasteiger partial charge on any atom is -0.354 e. The molecule has 196 valence electrons. The summed E-state index contributed by atoms with van der Waals surface area (Å²) in [5.41, 5.74) is 2.92. The molecule has 4 aromatic rings. The van der Waals surface area contributed by atoms with Gasteiger partial charge >= 0.3 is 0 Å². The fraction of sp³-hybridized carbons (Fsp3) is 0.250. The van der Waals surface area contributed by atoms with Crippen LogP contribution in [0, 0.1) is 0 Å². The molecule has 0 spiro atoms. The van der Waals surface area contributed by atoms with E-state index in [2.05, 4.69) is 29.6 Å². The Morgan fingerprint density at radius 1 is 0.842 bits per heavy atom. The van der Waals surface area contributed by atoms with Crippen molar-refractivity contribution >= 4 is 45.8 Å². The molecule has 38 heavy (non-hydrogen) atoms. The third-order valence-electron chi connectivity index (χ3n) is 6.65. The van der Waals surface area contributed by atoms with Crippen LogP contribution in [-0.4, -0.2) is 29.3 Å². The zero-order chi connectivity index (χ0) is 26.9. The summed E-state index contributed by atoms with van der Waals surface area (Å²) >= 11 is 12.4. The summed E-state index contributed by atoms with van der Waals surface area (Å²) in [5, 5.41) is 6.16. The summed E-state index contributed by atoms with van der Waals surface area (Å²) in [6, 6.07) is 28.8. The van der Waals surface area contributed by atoms with E-state index >= 15 is 0 Å². The summed E-state index contributed by atoms with van der Waals surface area (Å²) in [6.07, 6.45) is 2.08. The van der Waals surface area contributed by atoms with Crippen LogP contribution in [0.25, 0.3) is 10.8 Å². The van der Waals surface area contributed by atoms with Crippen molar-refractivity contribution < 1.29 is 9.59 Å². The van der Waals surface area contributed by atoms with Gasteiger partial charge in [0, 0.05) is 25.9 Å². The summed E-state index contributed by atoms with van der Waals surface area (Å²) in [4.78, 5) is 29.1. The van der Waals surface area contributed by atoms with Crippen LogP contribution in [0.1, 0.15) is 36.5 Å². The fourth-order valence-corrected chi connectivity index (χ4v) is 4.97. The number of hydrogen-bond acceptors (Lipinski definition) is 2. The Kier molecular flexibility index (Phi) is 9.80. The maximum atomic E-state index is 13.9. The topological polar surface area (TPSA) is 49.4 Å². The van der Waals surface area contributed by atoms with Gasteiger partial charge in [0.05, 0.1) is 10.0 Å². The second-order valence-electron chi connectivity index (χ2n) is 9.40. The number of rotatable bonds is 11. The predicted octanol–water partition coefficient (Wildman–Crippen LogP) is 7.25. The lowest BCUT2D eigenvalue weighted by Gasteiger charge is -2.32. The molecule has 0 aliphatic heterocycles. The minimum absolute atomic E-state index is 0.0865. The van der Waals surface area contributed by atoms with Crippen molar-refractivity contribution in [1.82, 2.24) is 10.2 Å². The number of hydrogen-bond donors (Lipinski definition) is 1. The molecule has 0 heterocycles. The second kappa shape index (κ2) is 13.5. The van der Waals surface area contributed by atoms with Crippen molar-refractivity contribution in [2.45, 2.75) is 45.2 Å². The number of halogens is 2. The third kappa shape index (κ3) is 7.15. The van der Waals surface area contributed by atoms with Gasteiger partial charge in [0.1, 0.15) is 6.04 Å². The molecule has 0 aliphatic rings. The Morgan fingerprint density at radius 2 is 1.58 bits per heavy atom. The number of nitrogens with one attached hydrogen (secondary N) is 1. The summed E-state index contributed by atoms with van der Waals surface area (Å²) in [7, 11) is 0. The molecule has 0 radical (unpaired) electrons. The molecule has 0 aromatic heterocycles. The van der Waals surface area contributed by atoms with Gasteiger partial charge in [-0.15, -0.1) is 0 Å². The highest BCUT2D eigenvalue weighted by atomic mass is 35.5. The van der Waals surface area contributed by atoms with Gasteiger partial charge in [-0.25, -0.2) is 0 Å². The van der Waals surface area contributed by atoms with Crippen molar-refractivity contribution in [2.75, 3.05) is 6.54 Å². The molecule has 0 bridgehead atoms. The third-order valence-corrected chi connectivity index (χ3v) is 7.38. The number of benzene rings is 4. The van der Waals surface area contributed by atoms with E-state index in [1.165, 1.54) is 0 Å². The van der Waals surface area contributed by atoms with Gasteiger partial charge in [-0.1, -0.05) is 109 Å². The van der Waals surface area contributed by atoms with Gasteiger partial charge < -0.3 is 10.2 Å². The van der Waals surface area contributed by atoms with Crippen LogP contribution < -0.4 is 5.32 Å². The number of carbonyl (C=O) groups is 2. The standard InChI is InChI=1S/C32H32Cl2N2O2/c1-2-19-35-32(38)30(21-23-9-4-3-5-10-23)36(22-24-15-17-28(33)29(34)20-24)31(37)18-16-26-13-8-12-25-11-6-7-14-27(25)26/h3-15,17,20,30H,2,16,18-19,21-22H2,1H3,(H,35,38)/t30-/m1/s1. The Bertz CT molecular complexity index is 1390. The molecule has 2 amide bonds. The molecule has 4 nitrogen and oxygen atoms in total. The second-order valence-corrected chi connectivity index (χ2v) is 10.2. The maximum Gasteiger partial charge on any atom is 0.243 e. The average Bonchev–Trinajstić information content (AvgIpc) is 2.94. The molecule has 4 aromatic carbocycles. The van der Waals surface area contributed by atoms with Crippen molar-refractivity contribution in [2.24, 2.45) is 0 Å². The van der Waals surface area contributed by atoms with Crippen LogP contribution in [0.3, 0.4) is 0 Å². The molecule has 0 saturated heterocycles. The van der Waals surface area contributed by atoms with E-state index < -0.39 is 6.04 Å². The minimum atomic E-state index is -0.668. The number of carbonyl (C=O) groups excluding carboxylic acids is 2. The van der Waals surface area contributed by atoms with E-state index in [0.717, 1.165) is 33.9 Å². The number of aryl methyl sites for hydroxylation is 1. The fourth-order valence-electron chi connectivity index (χ4n) is 4.65. The molecule has 0 aliphatic carbocycles. The van der Waals surface area contributed by atoms with Crippen LogP contribution in [0.4, 0.5) is 0 Å². The first kappa shape index (κ1) is 27.7. The first-order chi connectivity index (χ1) is 18.5. The van der Waals surface area contributed by atoms with Crippen LogP contribution in [0.5, 0.6) is 0 Å². The molecule has 4 rings (SSSR count). The highest BCUT2D eigenvalue weighted by molar-refractivity contribution is 6.42. The largest absolute Gasteiger partial charge is 0.354 e. The van der Waals surface area contributed by atoms with E-state index in [0.29, 0.717) is 29.4 Å². The van der Waals surface area contributed by atoms with E-state index in [1.54, 1.807) is 17.0 Å². The summed E-state index contributed by atoms with van der Waals surface area (Å²) in [5.74, 6) is -0.245. The SMILES string of the molecule is CCCNC(=O)[C@@H](Cc1ccccc1)N(Cc1ccc(Cl)c(Cl)c1)C(=O)CCc1cccc2ccccc12. The lowest BCUT2D eigenvalue weighted by molar-refractivity contribution is -0.141. The van der Waals surface area contributed by atoms with E-state index in [-0.39, 0.29) is 24.8 Å². The molecule has 0 unspecified atom stereocenters. The van der Waals surface area contributed by atoms with Gasteiger partial charge in [-0.2, -0.15) is 0 Å². The molecule has 0 saturated carbocycles. The molecule has 0 fully saturated rings. The normalized spacial score (nSPS) is 11.8. The van der Waals surface area contributed by atoms with Gasteiger partial charge in [-0.05, 0) is 52.4 Å². The number of nitrogens with zero attached hydrogens (tertiary/aromatic N) is 1. The van der Waals surface area contributed by atoms with Gasteiger partial charge in [0.25, 0.3) is 0 Å². The monoisotopic (exact) mass is 546 g/mol. The number of amides is 2. The smallest absolute Gasteiger partial charge is 0.243 e. The lowest BCUT2D eigenvalue weighted by atomic mass is 9.99. The number of fused-ring (bicyclic) bond motifs is 1. The first-order valence-electron chi connectivity index (χ1n) is 13.0. The van der Waals surface area contributed by atoms with Crippen molar-refractivity contribution in [3.05, 3.63) is 118 Å². The van der Waals surface area contributed by atoms with Crippen LogP contribution in [0.15, 0.2) is 91.0 Å². The molecule has 1 atom stereocenters. The van der Waals surface area contributed by atoms with Crippen LogP contribution in [-0.2, 0) is 29.0 Å². The first-order valence-corrected chi connectivity index (χ1v) is 13.7. The highest BCUT2D eigenvalue weighted by Crippen LogP contribution is 2.25. The molecule has 1 N–H and O–H groups in total. The Morgan fingerprint density at radius 3 is 2.34 bits per heavy atom. The van der Waals surface area contributed by atoms with Gasteiger partial charge in [0.15, 0.2) is 0 Å². The highest BCUT2D eigenvalue weighted by Gasteiger charge is 2.30. The zero-order valence-corrected chi connectivity index (χ0v) is 23.0. The Labute approximate surface area is 234 Å². The van der Waals surface area contributed by atoms with Crippen molar-refractivity contribution in [3.8, 4) is 0 Å². The average molecular weight is 548 g/mol. The summed E-state index contributed by atoms with van der Waals surface area (Å²) in [6.45, 7) is 2.81. The zero-order valence-electron chi connectivity index (χ0n) is 21.5. The van der Waals surface area contributed by atoms with Crippen LogP contribution >= 0.6 is 23.2 Å². The molecular formula is C32H32Cl2N2O2. The molecule has 6 heteroatoms. The molecular weight excluding hydrogens is 515 g/mol. The van der Waals surface area contributed by atoms with E-state index in [9.17, 15) is 9.59 Å². The van der Waals surface area contributed by atoms with E-state index in [1.807, 2.05) is 61.5 Å². The predicted molar refractivity (Wildman–Crippen MR) is 157 cm³/mol. The summed E-state index contributed by atoms with van der Waals surface area (Å²) < 4.78 is 0. The van der Waals surface area contributed by atoms with Gasteiger partial charge in [-0.3, -0.25) is 9.59 Å². The van der Waals surface area contributed by atoms with E-state index in [4.69, 9.17) is 23.2 Å². The quantitative estimate of drug-likeness (QED) is 0.215. The van der Waals surface area contributed by atoms with Crippen molar-refractivity contribution in [1.29, 1.82) is 0 Å². The van der Waals surface area contributed by atoms with Crippen LogP contribution in [0.2, 0.25) is 10.0 Å².